The van der Waals surface area contributed by atoms with Crippen LogP contribution in [0.3, 0.4) is 0 Å². The molecule has 2 aliphatic rings. The molecule has 1 heterocycles. The summed E-state index contributed by atoms with van der Waals surface area (Å²) in [5, 5.41) is 3.00. The summed E-state index contributed by atoms with van der Waals surface area (Å²) in [4.78, 5) is 0. The Morgan fingerprint density at radius 2 is 2.14 bits per heavy atom. The van der Waals surface area contributed by atoms with E-state index in [1.54, 1.807) is 0 Å². The number of allylic oxidation sites excluding steroid dienone is 4. The lowest BCUT2D eigenvalue weighted by atomic mass is 10.2. The van der Waals surface area contributed by atoms with E-state index in [2.05, 4.69) is 37.4 Å². The maximum absolute atomic E-state index is 4.83. The molecule has 2 rings (SSSR count). The van der Waals surface area contributed by atoms with Crippen molar-refractivity contribution >= 4 is 0 Å². The molecular weight excluding hydrogens is 174 g/mol. The molecule has 0 aromatic carbocycles. The van der Waals surface area contributed by atoms with Crippen LogP contribution < -0.4 is 5.32 Å². The minimum Gasteiger partial charge on any atom is -0.365 e. The van der Waals surface area contributed by atoms with Crippen LogP contribution in [-0.4, -0.2) is 19.9 Å². The lowest BCUT2D eigenvalue weighted by Crippen LogP contribution is -2.05. The molecule has 2 heteroatoms. The zero-order chi connectivity index (χ0) is 10.8. The van der Waals surface area contributed by atoms with Crippen LogP contribution >= 0.6 is 0 Å². The molecule has 2 nitrogen and oxygen atoms in total. The van der Waals surface area contributed by atoms with Crippen molar-refractivity contribution in [3.63, 3.8) is 0 Å². The van der Waals surface area contributed by atoms with Gasteiger partial charge in [0, 0.05) is 6.54 Å². The largest absolute Gasteiger partial charge is 0.365 e. The highest BCUT2D eigenvalue weighted by molar-refractivity contribution is 5.25. The molecule has 14 heavy (non-hydrogen) atoms. The quantitative estimate of drug-likeness (QED) is 0.644. The second-order valence-electron chi connectivity index (χ2n) is 3.18. The van der Waals surface area contributed by atoms with E-state index in [0.29, 0.717) is 5.92 Å². The molecule has 1 saturated heterocycles. The Morgan fingerprint density at radius 1 is 1.43 bits per heavy atom. The fraction of sp³-hybridized carbons (Fsp3) is 0.667. The third-order valence-electron chi connectivity index (χ3n) is 1.82. The van der Waals surface area contributed by atoms with E-state index in [1.807, 2.05) is 13.8 Å². The Morgan fingerprint density at radius 3 is 2.29 bits per heavy atom. The molecule has 0 saturated carbocycles. The molecular formula is C12H23NO. The maximum Gasteiger partial charge on any atom is 0.0966 e. The summed E-state index contributed by atoms with van der Waals surface area (Å²) in [6.07, 6.45) is 6.61. The van der Waals surface area contributed by atoms with Gasteiger partial charge in [-0.1, -0.05) is 44.6 Å². The molecule has 0 aromatic heterocycles. The molecule has 0 aromatic rings. The SMILES string of the molecule is C1COCN1.CC.CC1=CC(C)C=C1. The van der Waals surface area contributed by atoms with Crippen molar-refractivity contribution in [1.29, 1.82) is 0 Å². The Hall–Kier alpha value is -0.600. The number of rotatable bonds is 0. The molecule has 0 bridgehead atoms. The zero-order valence-corrected chi connectivity index (χ0v) is 9.84. The van der Waals surface area contributed by atoms with Gasteiger partial charge in [0.1, 0.15) is 0 Å². The summed E-state index contributed by atoms with van der Waals surface area (Å²) < 4.78 is 4.83. The Labute approximate surface area is 88.0 Å². The summed E-state index contributed by atoms with van der Waals surface area (Å²) in [7, 11) is 0. The first-order chi connectivity index (χ1) is 6.79. The van der Waals surface area contributed by atoms with Crippen LogP contribution in [0.1, 0.15) is 27.7 Å². The summed E-state index contributed by atoms with van der Waals surface area (Å²) in [6.45, 7) is 11.0. The average Bonchev–Trinajstić information content (AvgIpc) is 2.84. The molecule has 0 radical (unpaired) electrons. The molecule has 0 amide bonds. The lowest BCUT2D eigenvalue weighted by molar-refractivity contribution is 0.194. The summed E-state index contributed by atoms with van der Waals surface area (Å²) in [5.74, 6) is 0.681. The van der Waals surface area contributed by atoms with Crippen molar-refractivity contribution in [2.24, 2.45) is 5.92 Å². The topological polar surface area (TPSA) is 21.3 Å². The van der Waals surface area contributed by atoms with Gasteiger partial charge in [0.2, 0.25) is 0 Å². The minimum absolute atomic E-state index is 0.681. The van der Waals surface area contributed by atoms with Crippen LogP contribution in [0.2, 0.25) is 0 Å². The number of ether oxygens (including phenoxy) is 1. The fourth-order valence-corrected chi connectivity index (χ4v) is 1.19. The molecule has 1 aliphatic carbocycles. The van der Waals surface area contributed by atoms with Gasteiger partial charge in [0.25, 0.3) is 0 Å². The average molecular weight is 197 g/mol. The van der Waals surface area contributed by atoms with Gasteiger partial charge in [-0.15, -0.1) is 0 Å². The summed E-state index contributed by atoms with van der Waals surface area (Å²) in [5.41, 5.74) is 1.40. The first-order valence-electron chi connectivity index (χ1n) is 5.44. The van der Waals surface area contributed by atoms with Gasteiger partial charge >= 0.3 is 0 Å². The molecule has 0 spiro atoms. The standard InChI is InChI=1S/C7H10.C3H7NO.C2H6/c1-6-3-4-7(2)5-6;1-2-5-3-4-1;1-2/h3-6H,1-2H3;4H,1-3H2;1-2H3. The number of hydrogen-bond donors (Lipinski definition) is 1. The molecule has 1 fully saturated rings. The van der Waals surface area contributed by atoms with Crippen molar-refractivity contribution in [3.8, 4) is 0 Å². The number of nitrogens with one attached hydrogen (secondary N) is 1. The Kier molecular flexibility index (Phi) is 8.59. The van der Waals surface area contributed by atoms with Crippen LogP contribution in [0.15, 0.2) is 23.8 Å². The van der Waals surface area contributed by atoms with Crippen LogP contribution in [-0.2, 0) is 4.74 Å². The van der Waals surface area contributed by atoms with E-state index in [-0.39, 0.29) is 0 Å². The third-order valence-corrected chi connectivity index (χ3v) is 1.82. The van der Waals surface area contributed by atoms with E-state index >= 15 is 0 Å². The second kappa shape index (κ2) is 8.97. The van der Waals surface area contributed by atoms with E-state index in [4.69, 9.17) is 4.74 Å². The third kappa shape index (κ3) is 6.87. The summed E-state index contributed by atoms with van der Waals surface area (Å²) in [6, 6.07) is 0. The van der Waals surface area contributed by atoms with Gasteiger partial charge in [-0.3, -0.25) is 5.32 Å². The highest BCUT2D eigenvalue weighted by atomic mass is 16.5. The maximum atomic E-state index is 4.83. The number of hydrogen-bond acceptors (Lipinski definition) is 2. The van der Waals surface area contributed by atoms with Crippen molar-refractivity contribution in [2.45, 2.75) is 27.7 Å². The van der Waals surface area contributed by atoms with Crippen molar-refractivity contribution in [3.05, 3.63) is 23.8 Å². The van der Waals surface area contributed by atoms with Gasteiger partial charge in [-0.25, -0.2) is 0 Å². The van der Waals surface area contributed by atoms with Gasteiger partial charge in [0.15, 0.2) is 0 Å². The molecule has 1 atom stereocenters. The van der Waals surface area contributed by atoms with E-state index in [0.717, 1.165) is 19.9 Å². The van der Waals surface area contributed by atoms with E-state index in [9.17, 15) is 0 Å². The Bertz CT molecular complexity index is 173. The molecule has 1 N–H and O–H groups in total. The predicted octanol–water partition coefficient (Wildman–Crippen LogP) is 2.73. The van der Waals surface area contributed by atoms with Crippen molar-refractivity contribution in [2.75, 3.05) is 19.9 Å². The molecule has 82 valence electrons. The van der Waals surface area contributed by atoms with Crippen LogP contribution in [0, 0.1) is 5.92 Å². The van der Waals surface area contributed by atoms with Crippen molar-refractivity contribution < 1.29 is 4.74 Å². The van der Waals surface area contributed by atoms with E-state index in [1.165, 1.54) is 5.57 Å². The second-order valence-corrected chi connectivity index (χ2v) is 3.18. The monoisotopic (exact) mass is 197 g/mol. The molecule has 1 aliphatic heterocycles. The first kappa shape index (κ1) is 13.4. The van der Waals surface area contributed by atoms with Crippen LogP contribution in [0.25, 0.3) is 0 Å². The molecule has 1 unspecified atom stereocenters. The van der Waals surface area contributed by atoms with Gasteiger partial charge in [0.05, 0.1) is 13.3 Å². The smallest absolute Gasteiger partial charge is 0.0966 e. The zero-order valence-electron chi connectivity index (χ0n) is 9.84. The highest BCUT2D eigenvalue weighted by Gasteiger charge is 1.96. The first-order valence-corrected chi connectivity index (χ1v) is 5.44. The van der Waals surface area contributed by atoms with Crippen LogP contribution in [0.5, 0.6) is 0 Å². The minimum atomic E-state index is 0.681. The van der Waals surface area contributed by atoms with Crippen molar-refractivity contribution in [1.82, 2.24) is 5.32 Å². The van der Waals surface area contributed by atoms with Gasteiger partial charge in [-0.2, -0.15) is 0 Å². The van der Waals surface area contributed by atoms with Crippen LogP contribution in [0.4, 0.5) is 0 Å². The van der Waals surface area contributed by atoms with E-state index < -0.39 is 0 Å². The normalized spacial score (nSPS) is 23.1. The summed E-state index contributed by atoms with van der Waals surface area (Å²) >= 11 is 0. The predicted molar refractivity (Wildman–Crippen MR) is 62.2 cm³/mol. The van der Waals surface area contributed by atoms with Gasteiger partial charge in [-0.05, 0) is 12.8 Å². The van der Waals surface area contributed by atoms with Gasteiger partial charge < -0.3 is 4.74 Å². The Balaban J connectivity index is 0.000000213. The lowest BCUT2D eigenvalue weighted by Gasteiger charge is -1.85. The highest BCUT2D eigenvalue weighted by Crippen LogP contribution is 2.12. The fourth-order valence-electron chi connectivity index (χ4n) is 1.19.